The average molecular weight is 292 g/mol. The summed E-state index contributed by atoms with van der Waals surface area (Å²) >= 11 is 0. The van der Waals surface area contributed by atoms with E-state index < -0.39 is 0 Å². The quantitative estimate of drug-likeness (QED) is 0.673. The van der Waals surface area contributed by atoms with E-state index in [-0.39, 0.29) is 0 Å². The van der Waals surface area contributed by atoms with Crippen LogP contribution in [0, 0.1) is 0 Å². The number of aromatic nitrogens is 1. The number of fused-ring (bicyclic) bond motifs is 1. The molecule has 0 fully saturated rings. The van der Waals surface area contributed by atoms with Crippen LogP contribution in [0.25, 0.3) is 23.3 Å². The smallest absolute Gasteiger partial charge is 0.220 e. The fourth-order valence-electron chi connectivity index (χ4n) is 2.51. The molecule has 0 aliphatic carbocycles. The lowest BCUT2D eigenvalue weighted by atomic mass is 10.2. The van der Waals surface area contributed by atoms with Crippen molar-refractivity contribution in [3.8, 4) is 0 Å². The lowest BCUT2D eigenvalue weighted by Gasteiger charge is -2.20. The van der Waals surface area contributed by atoms with Crippen molar-refractivity contribution in [1.29, 1.82) is 0 Å². The zero-order chi connectivity index (χ0) is 15.4. The Kier molecular flexibility index (Phi) is 4.24. The van der Waals surface area contributed by atoms with Gasteiger partial charge in [0.25, 0.3) is 0 Å². The summed E-state index contributed by atoms with van der Waals surface area (Å²) in [7, 11) is 0. The van der Waals surface area contributed by atoms with Gasteiger partial charge in [0.05, 0.1) is 0 Å². The van der Waals surface area contributed by atoms with Crippen LogP contribution in [-0.2, 0) is 0 Å². The van der Waals surface area contributed by atoms with Crippen LogP contribution in [0.4, 0.5) is 5.69 Å². The van der Waals surface area contributed by atoms with E-state index in [9.17, 15) is 0 Å². The van der Waals surface area contributed by atoms with Gasteiger partial charge in [-0.25, -0.2) is 4.98 Å². The molecule has 0 amide bonds. The van der Waals surface area contributed by atoms with Crippen LogP contribution in [0.3, 0.4) is 0 Å². The van der Waals surface area contributed by atoms with Crippen LogP contribution in [0.1, 0.15) is 25.3 Å². The van der Waals surface area contributed by atoms with Crippen molar-refractivity contribution in [2.45, 2.75) is 13.8 Å². The third kappa shape index (κ3) is 3.03. The number of anilines is 1. The molecule has 3 aromatic rings. The first kappa shape index (κ1) is 14.4. The first-order valence-electron chi connectivity index (χ1n) is 7.69. The van der Waals surface area contributed by atoms with Gasteiger partial charge in [0.15, 0.2) is 5.58 Å². The Morgan fingerprint density at radius 3 is 2.36 bits per heavy atom. The SMILES string of the molecule is CCN(CC)c1ccc(C=Cc2nc3ccccc3o2)cc1. The molecule has 1 aromatic heterocycles. The molecular weight excluding hydrogens is 272 g/mol. The minimum atomic E-state index is 0.633. The molecule has 1 heterocycles. The normalized spacial score (nSPS) is 11.4. The molecule has 2 aromatic carbocycles. The van der Waals surface area contributed by atoms with Gasteiger partial charge in [0, 0.05) is 24.9 Å². The van der Waals surface area contributed by atoms with Gasteiger partial charge in [-0.3, -0.25) is 0 Å². The van der Waals surface area contributed by atoms with Crippen molar-refractivity contribution in [3.05, 3.63) is 60.0 Å². The molecule has 0 aliphatic rings. The Labute approximate surface area is 130 Å². The molecule has 22 heavy (non-hydrogen) atoms. The molecule has 0 atom stereocenters. The summed E-state index contributed by atoms with van der Waals surface area (Å²) in [5.74, 6) is 0.633. The molecule has 0 bridgehead atoms. The molecule has 0 aliphatic heterocycles. The first-order chi connectivity index (χ1) is 10.8. The number of rotatable bonds is 5. The molecule has 0 saturated carbocycles. The lowest BCUT2D eigenvalue weighted by Crippen LogP contribution is -2.21. The second kappa shape index (κ2) is 6.48. The monoisotopic (exact) mass is 292 g/mol. The van der Waals surface area contributed by atoms with Crippen LogP contribution in [-0.4, -0.2) is 18.1 Å². The minimum absolute atomic E-state index is 0.633. The van der Waals surface area contributed by atoms with Crippen molar-refractivity contribution in [2.24, 2.45) is 0 Å². The maximum Gasteiger partial charge on any atom is 0.220 e. The molecule has 112 valence electrons. The van der Waals surface area contributed by atoms with E-state index in [1.807, 2.05) is 36.4 Å². The summed E-state index contributed by atoms with van der Waals surface area (Å²) in [6, 6.07) is 16.3. The molecule has 0 N–H and O–H groups in total. The highest BCUT2D eigenvalue weighted by molar-refractivity contribution is 5.76. The predicted octanol–water partition coefficient (Wildman–Crippen LogP) is 4.84. The van der Waals surface area contributed by atoms with E-state index in [0.717, 1.165) is 29.8 Å². The van der Waals surface area contributed by atoms with Crippen LogP contribution in [0.5, 0.6) is 0 Å². The molecular formula is C19H20N2O. The number of nitrogens with zero attached hydrogens (tertiary/aromatic N) is 2. The van der Waals surface area contributed by atoms with Gasteiger partial charge in [-0.05, 0) is 49.8 Å². The second-order valence-electron chi connectivity index (χ2n) is 5.12. The van der Waals surface area contributed by atoms with Crippen LogP contribution >= 0.6 is 0 Å². The summed E-state index contributed by atoms with van der Waals surface area (Å²) in [5.41, 5.74) is 4.10. The fraction of sp³-hybridized carbons (Fsp3) is 0.211. The van der Waals surface area contributed by atoms with Gasteiger partial charge in [-0.15, -0.1) is 0 Å². The van der Waals surface area contributed by atoms with Crippen LogP contribution < -0.4 is 4.90 Å². The number of oxazole rings is 1. The van der Waals surface area contributed by atoms with Gasteiger partial charge in [-0.2, -0.15) is 0 Å². The number of para-hydroxylation sites is 2. The number of hydrogen-bond donors (Lipinski definition) is 0. The Balaban J connectivity index is 1.77. The van der Waals surface area contributed by atoms with Crippen molar-refractivity contribution in [3.63, 3.8) is 0 Å². The summed E-state index contributed by atoms with van der Waals surface area (Å²) in [4.78, 5) is 6.77. The molecule has 3 rings (SSSR count). The van der Waals surface area contributed by atoms with Crippen molar-refractivity contribution >= 4 is 28.9 Å². The van der Waals surface area contributed by atoms with Gasteiger partial charge >= 0.3 is 0 Å². The first-order valence-corrected chi connectivity index (χ1v) is 7.69. The molecule has 0 radical (unpaired) electrons. The Morgan fingerprint density at radius 1 is 0.955 bits per heavy atom. The molecule has 3 nitrogen and oxygen atoms in total. The largest absolute Gasteiger partial charge is 0.437 e. The predicted molar refractivity (Wildman–Crippen MR) is 92.9 cm³/mol. The maximum absolute atomic E-state index is 5.68. The summed E-state index contributed by atoms with van der Waals surface area (Å²) in [5, 5.41) is 0. The second-order valence-corrected chi connectivity index (χ2v) is 5.12. The maximum atomic E-state index is 5.68. The zero-order valence-electron chi connectivity index (χ0n) is 13.0. The summed E-state index contributed by atoms with van der Waals surface area (Å²) in [6.07, 6.45) is 3.93. The van der Waals surface area contributed by atoms with E-state index in [1.165, 1.54) is 5.69 Å². The Bertz CT molecular complexity index is 734. The minimum Gasteiger partial charge on any atom is -0.437 e. The van der Waals surface area contributed by atoms with Crippen molar-refractivity contribution in [1.82, 2.24) is 4.98 Å². The van der Waals surface area contributed by atoms with Crippen molar-refractivity contribution in [2.75, 3.05) is 18.0 Å². The van der Waals surface area contributed by atoms with E-state index >= 15 is 0 Å². The van der Waals surface area contributed by atoms with Crippen LogP contribution in [0.2, 0.25) is 0 Å². The lowest BCUT2D eigenvalue weighted by molar-refractivity contribution is 0.590. The zero-order valence-corrected chi connectivity index (χ0v) is 13.0. The molecule has 0 unspecified atom stereocenters. The molecule has 0 spiro atoms. The Hall–Kier alpha value is -2.55. The van der Waals surface area contributed by atoms with Gasteiger partial charge < -0.3 is 9.32 Å². The standard InChI is InChI=1S/C19H20N2O/c1-3-21(4-2)16-12-9-15(10-13-16)11-14-19-20-17-7-5-6-8-18(17)22-19/h5-14H,3-4H2,1-2H3. The summed E-state index contributed by atoms with van der Waals surface area (Å²) in [6.45, 7) is 6.39. The molecule has 0 saturated heterocycles. The van der Waals surface area contributed by atoms with E-state index in [4.69, 9.17) is 4.42 Å². The number of hydrogen-bond acceptors (Lipinski definition) is 3. The van der Waals surface area contributed by atoms with E-state index in [2.05, 4.69) is 48.0 Å². The van der Waals surface area contributed by atoms with E-state index in [1.54, 1.807) is 0 Å². The highest BCUT2D eigenvalue weighted by Gasteiger charge is 2.02. The molecule has 3 heteroatoms. The third-order valence-electron chi connectivity index (χ3n) is 3.75. The third-order valence-corrected chi connectivity index (χ3v) is 3.75. The Morgan fingerprint density at radius 2 is 1.68 bits per heavy atom. The number of benzene rings is 2. The van der Waals surface area contributed by atoms with Gasteiger partial charge in [0.1, 0.15) is 5.52 Å². The highest BCUT2D eigenvalue weighted by Crippen LogP contribution is 2.18. The van der Waals surface area contributed by atoms with E-state index in [0.29, 0.717) is 5.89 Å². The fourth-order valence-corrected chi connectivity index (χ4v) is 2.51. The van der Waals surface area contributed by atoms with Crippen LogP contribution in [0.15, 0.2) is 52.9 Å². The van der Waals surface area contributed by atoms with Crippen molar-refractivity contribution < 1.29 is 4.42 Å². The highest BCUT2D eigenvalue weighted by atomic mass is 16.3. The van der Waals surface area contributed by atoms with Gasteiger partial charge in [-0.1, -0.05) is 24.3 Å². The average Bonchev–Trinajstić information content (AvgIpc) is 2.98. The summed E-state index contributed by atoms with van der Waals surface area (Å²) < 4.78 is 5.68. The topological polar surface area (TPSA) is 29.3 Å². The van der Waals surface area contributed by atoms with Gasteiger partial charge in [0.2, 0.25) is 5.89 Å².